The SMILES string of the molecule is CC(C)C(=O)c1ccc2c(c1)nnn2C. The van der Waals surface area contributed by atoms with Gasteiger partial charge in [-0.3, -0.25) is 4.79 Å². The van der Waals surface area contributed by atoms with Gasteiger partial charge in [0.05, 0.1) is 5.52 Å². The van der Waals surface area contributed by atoms with E-state index in [1.165, 1.54) is 0 Å². The van der Waals surface area contributed by atoms with Gasteiger partial charge in [-0.2, -0.15) is 0 Å². The highest BCUT2D eigenvalue weighted by Crippen LogP contribution is 2.15. The molecule has 4 heteroatoms. The third-order valence-electron chi connectivity index (χ3n) is 2.42. The fourth-order valence-corrected chi connectivity index (χ4v) is 1.53. The minimum atomic E-state index is 0.0131. The average Bonchev–Trinajstić information content (AvgIpc) is 2.59. The fraction of sp³-hybridized carbons (Fsp3) is 0.364. The van der Waals surface area contributed by atoms with E-state index in [9.17, 15) is 4.79 Å². The number of benzene rings is 1. The number of nitrogens with zero attached hydrogens (tertiary/aromatic N) is 3. The highest BCUT2D eigenvalue weighted by atomic mass is 16.1. The molecule has 0 unspecified atom stereocenters. The van der Waals surface area contributed by atoms with Gasteiger partial charge in [-0.05, 0) is 18.2 Å². The summed E-state index contributed by atoms with van der Waals surface area (Å²) in [6.07, 6.45) is 0. The first kappa shape index (κ1) is 9.83. The van der Waals surface area contributed by atoms with E-state index < -0.39 is 0 Å². The number of ketones is 1. The van der Waals surface area contributed by atoms with Gasteiger partial charge in [0.25, 0.3) is 0 Å². The summed E-state index contributed by atoms with van der Waals surface area (Å²) in [5.74, 6) is 0.154. The van der Waals surface area contributed by atoms with Crippen molar-refractivity contribution in [3.63, 3.8) is 0 Å². The topological polar surface area (TPSA) is 47.8 Å². The van der Waals surface area contributed by atoms with Gasteiger partial charge in [0, 0.05) is 18.5 Å². The third kappa shape index (κ3) is 1.63. The smallest absolute Gasteiger partial charge is 0.165 e. The maximum absolute atomic E-state index is 11.7. The molecule has 0 radical (unpaired) electrons. The molecular formula is C11H13N3O. The predicted molar refractivity (Wildman–Crippen MR) is 57.7 cm³/mol. The van der Waals surface area contributed by atoms with E-state index in [1.807, 2.05) is 33.0 Å². The van der Waals surface area contributed by atoms with Gasteiger partial charge in [0.1, 0.15) is 5.52 Å². The van der Waals surface area contributed by atoms with Crippen LogP contribution < -0.4 is 0 Å². The van der Waals surface area contributed by atoms with Crippen LogP contribution in [0.5, 0.6) is 0 Å². The van der Waals surface area contributed by atoms with Crippen molar-refractivity contribution < 1.29 is 4.79 Å². The van der Waals surface area contributed by atoms with E-state index in [2.05, 4.69) is 10.3 Å². The van der Waals surface area contributed by atoms with Crippen LogP contribution in [0.15, 0.2) is 18.2 Å². The molecule has 0 aliphatic heterocycles. The normalized spacial score (nSPS) is 11.2. The summed E-state index contributed by atoms with van der Waals surface area (Å²) >= 11 is 0. The summed E-state index contributed by atoms with van der Waals surface area (Å²) in [5, 5.41) is 7.88. The quantitative estimate of drug-likeness (QED) is 0.699. The molecule has 15 heavy (non-hydrogen) atoms. The molecule has 0 N–H and O–H groups in total. The van der Waals surface area contributed by atoms with Crippen LogP contribution in [0.2, 0.25) is 0 Å². The van der Waals surface area contributed by atoms with Crippen LogP contribution in [0.25, 0.3) is 11.0 Å². The Kier molecular flexibility index (Phi) is 2.26. The molecule has 1 aromatic carbocycles. The van der Waals surface area contributed by atoms with Crippen molar-refractivity contribution >= 4 is 16.8 Å². The lowest BCUT2D eigenvalue weighted by atomic mass is 10.0. The summed E-state index contributed by atoms with van der Waals surface area (Å²) < 4.78 is 1.69. The number of carbonyl (C=O) groups excluding carboxylic acids is 1. The first-order chi connectivity index (χ1) is 7.09. The largest absolute Gasteiger partial charge is 0.294 e. The fourth-order valence-electron chi connectivity index (χ4n) is 1.53. The molecule has 0 spiro atoms. The molecule has 0 aliphatic rings. The van der Waals surface area contributed by atoms with Crippen LogP contribution in [0.1, 0.15) is 24.2 Å². The summed E-state index contributed by atoms with van der Waals surface area (Å²) in [6, 6.07) is 5.50. The van der Waals surface area contributed by atoms with E-state index in [4.69, 9.17) is 0 Å². The minimum Gasteiger partial charge on any atom is -0.294 e. The van der Waals surface area contributed by atoms with Gasteiger partial charge in [-0.25, -0.2) is 4.68 Å². The zero-order valence-electron chi connectivity index (χ0n) is 9.06. The Morgan fingerprint density at radius 2 is 2.13 bits per heavy atom. The van der Waals surface area contributed by atoms with E-state index in [1.54, 1.807) is 10.7 Å². The number of hydrogen-bond acceptors (Lipinski definition) is 3. The van der Waals surface area contributed by atoms with E-state index >= 15 is 0 Å². The molecule has 2 rings (SSSR count). The number of fused-ring (bicyclic) bond motifs is 1. The molecule has 0 fully saturated rings. The number of hydrogen-bond donors (Lipinski definition) is 0. The summed E-state index contributed by atoms with van der Waals surface area (Å²) in [7, 11) is 1.83. The first-order valence-electron chi connectivity index (χ1n) is 4.93. The van der Waals surface area contributed by atoms with Crippen LogP contribution in [-0.4, -0.2) is 20.8 Å². The lowest BCUT2D eigenvalue weighted by Gasteiger charge is -2.03. The molecule has 0 atom stereocenters. The Morgan fingerprint density at radius 3 is 2.80 bits per heavy atom. The number of aromatic nitrogens is 3. The van der Waals surface area contributed by atoms with Gasteiger partial charge in [-0.1, -0.05) is 19.1 Å². The number of Topliss-reactive ketones (excluding diaryl/α,β-unsaturated/α-hetero) is 1. The number of carbonyl (C=O) groups is 1. The Morgan fingerprint density at radius 1 is 1.40 bits per heavy atom. The summed E-state index contributed by atoms with van der Waals surface area (Å²) in [6.45, 7) is 3.78. The predicted octanol–water partition coefficient (Wildman–Crippen LogP) is 1.81. The van der Waals surface area contributed by atoms with Gasteiger partial charge in [0.15, 0.2) is 5.78 Å². The van der Waals surface area contributed by atoms with Gasteiger partial charge < -0.3 is 0 Å². The van der Waals surface area contributed by atoms with E-state index in [0.29, 0.717) is 5.56 Å². The number of rotatable bonds is 2. The van der Waals surface area contributed by atoms with Crippen molar-refractivity contribution in [3.05, 3.63) is 23.8 Å². The highest BCUT2D eigenvalue weighted by Gasteiger charge is 2.12. The second kappa shape index (κ2) is 3.46. The summed E-state index contributed by atoms with van der Waals surface area (Å²) in [5.41, 5.74) is 2.41. The van der Waals surface area contributed by atoms with E-state index in [-0.39, 0.29) is 11.7 Å². The lowest BCUT2D eigenvalue weighted by Crippen LogP contribution is -2.07. The molecule has 2 aromatic rings. The molecule has 0 saturated carbocycles. The molecule has 1 aromatic heterocycles. The van der Waals surface area contributed by atoms with Crippen LogP contribution >= 0.6 is 0 Å². The van der Waals surface area contributed by atoms with Gasteiger partial charge in [0.2, 0.25) is 0 Å². The summed E-state index contributed by atoms with van der Waals surface area (Å²) in [4.78, 5) is 11.7. The third-order valence-corrected chi connectivity index (χ3v) is 2.42. The monoisotopic (exact) mass is 203 g/mol. The Labute approximate surface area is 87.9 Å². The lowest BCUT2D eigenvalue weighted by molar-refractivity contribution is 0.0939. The zero-order chi connectivity index (χ0) is 11.0. The van der Waals surface area contributed by atoms with Crippen LogP contribution in [0.4, 0.5) is 0 Å². The molecule has 4 nitrogen and oxygen atoms in total. The maximum atomic E-state index is 11.7. The highest BCUT2D eigenvalue weighted by molar-refractivity contribution is 5.99. The zero-order valence-corrected chi connectivity index (χ0v) is 9.06. The number of aryl methyl sites for hydroxylation is 1. The Balaban J connectivity index is 2.52. The van der Waals surface area contributed by atoms with E-state index in [0.717, 1.165) is 11.0 Å². The van der Waals surface area contributed by atoms with Gasteiger partial charge >= 0.3 is 0 Å². The molecule has 0 aliphatic carbocycles. The van der Waals surface area contributed by atoms with Crippen molar-refractivity contribution in [1.82, 2.24) is 15.0 Å². The van der Waals surface area contributed by atoms with Gasteiger partial charge in [-0.15, -0.1) is 5.10 Å². The first-order valence-corrected chi connectivity index (χ1v) is 4.93. The van der Waals surface area contributed by atoms with Crippen molar-refractivity contribution in [2.45, 2.75) is 13.8 Å². The standard InChI is InChI=1S/C11H13N3O/c1-7(2)11(15)8-4-5-10-9(6-8)12-13-14(10)3/h4-7H,1-3H3. The second-order valence-corrected chi connectivity index (χ2v) is 3.94. The molecule has 0 saturated heterocycles. The van der Waals surface area contributed by atoms with Crippen LogP contribution in [0, 0.1) is 5.92 Å². The van der Waals surface area contributed by atoms with Crippen LogP contribution in [-0.2, 0) is 7.05 Å². The van der Waals surface area contributed by atoms with Crippen LogP contribution in [0.3, 0.4) is 0 Å². The van der Waals surface area contributed by atoms with Crippen molar-refractivity contribution in [3.8, 4) is 0 Å². The van der Waals surface area contributed by atoms with Crippen molar-refractivity contribution in [1.29, 1.82) is 0 Å². The van der Waals surface area contributed by atoms with Crippen molar-refractivity contribution in [2.24, 2.45) is 13.0 Å². The Hall–Kier alpha value is -1.71. The average molecular weight is 203 g/mol. The van der Waals surface area contributed by atoms with Crippen molar-refractivity contribution in [2.75, 3.05) is 0 Å². The molecule has 0 bridgehead atoms. The minimum absolute atomic E-state index is 0.0131. The maximum Gasteiger partial charge on any atom is 0.165 e. The molecule has 78 valence electrons. The molecule has 1 heterocycles. The molecule has 0 amide bonds. The Bertz CT molecular complexity index is 514. The second-order valence-electron chi connectivity index (χ2n) is 3.94. The molecular weight excluding hydrogens is 190 g/mol.